The molecule has 23 heavy (non-hydrogen) atoms. The maximum Gasteiger partial charge on any atom is 0.254 e. The molecule has 1 amide bonds. The molecule has 1 fully saturated rings. The van der Waals surface area contributed by atoms with Crippen LogP contribution < -0.4 is 5.32 Å². The number of aromatic nitrogens is 3. The molecule has 2 aromatic heterocycles. The number of amides is 1. The zero-order chi connectivity index (χ0) is 16.6. The van der Waals surface area contributed by atoms with Crippen LogP contribution in [0, 0.1) is 0 Å². The molecule has 6 heteroatoms. The van der Waals surface area contributed by atoms with Crippen LogP contribution in [0.25, 0.3) is 11.0 Å². The maximum atomic E-state index is 12.9. The smallest absolute Gasteiger partial charge is 0.254 e. The zero-order valence-electron chi connectivity index (χ0n) is 14.3. The maximum absolute atomic E-state index is 12.9. The Kier molecular flexibility index (Phi) is 4.35. The molecule has 0 bridgehead atoms. The fraction of sp³-hybridized carbons (Fsp3) is 0.588. The lowest BCUT2D eigenvalue weighted by molar-refractivity contribution is 0.0798. The highest BCUT2D eigenvalue weighted by Crippen LogP contribution is 2.40. The second-order valence-corrected chi connectivity index (χ2v) is 6.62. The van der Waals surface area contributed by atoms with E-state index in [1.54, 1.807) is 11.1 Å². The second-order valence-electron chi connectivity index (χ2n) is 6.62. The Morgan fingerprint density at radius 1 is 1.48 bits per heavy atom. The molecule has 1 saturated carbocycles. The number of hydrogen-bond donors (Lipinski definition) is 1. The van der Waals surface area contributed by atoms with E-state index in [0.717, 1.165) is 41.7 Å². The van der Waals surface area contributed by atoms with E-state index in [2.05, 4.69) is 24.3 Å². The van der Waals surface area contributed by atoms with Gasteiger partial charge in [-0.15, -0.1) is 0 Å². The summed E-state index contributed by atoms with van der Waals surface area (Å²) in [5.74, 6) is 0.543. The Morgan fingerprint density at radius 3 is 2.83 bits per heavy atom. The Morgan fingerprint density at radius 2 is 2.22 bits per heavy atom. The first-order chi connectivity index (χ1) is 11.0. The van der Waals surface area contributed by atoms with E-state index >= 15 is 0 Å². The molecule has 6 nitrogen and oxygen atoms in total. The van der Waals surface area contributed by atoms with Crippen molar-refractivity contribution >= 4 is 16.9 Å². The number of carbonyl (C=O) groups excluding carboxylic acids is 1. The van der Waals surface area contributed by atoms with Gasteiger partial charge in [-0.05, 0) is 39.8 Å². The Labute approximate surface area is 136 Å². The predicted molar refractivity (Wildman–Crippen MR) is 90.8 cm³/mol. The number of hydrogen-bond acceptors (Lipinski definition) is 4. The summed E-state index contributed by atoms with van der Waals surface area (Å²) in [7, 11) is 3.73. The molecular formula is C17H25N5O. The van der Waals surface area contributed by atoms with Crippen LogP contribution in [0.5, 0.6) is 0 Å². The monoisotopic (exact) mass is 315 g/mol. The fourth-order valence-corrected chi connectivity index (χ4v) is 2.77. The number of fused-ring (bicyclic) bond motifs is 1. The second kappa shape index (κ2) is 6.28. The summed E-state index contributed by atoms with van der Waals surface area (Å²) < 4.78 is 1.91. The van der Waals surface area contributed by atoms with E-state index in [4.69, 9.17) is 4.98 Å². The van der Waals surface area contributed by atoms with Gasteiger partial charge in [0, 0.05) is 37.8 Å². The van der Waals surface area contributed by atoms with E-state index in [1.165, 1.54) is 0 Å². The average molecular weight is 315 g/mol. The van der Waals surface area contributed by atoms with Gasteiger partial charge in [-0.2, -0.15) is 5.10 Å². The number of pyridine rings is 1. The van der Waals surface area contributed by atoms with Crippen LogP contribution in [-0.4, -0.2) is 52.8 Å². The van der Waals surface area contributed by atoms with Crippen molar-refractivity contribution in [1.29, 1.82) is 0 Å². The highest BCUT2D eigenvalue weighted by Gasteiger charge is 2.28. The zero-order valence-corrected chi connectivity index (χ0v) is 14.3. The number of nitrogens with one attached hydrogen (secondary N) is 1. The topological polar surface area (TPSA) is 63.1 Å². The molecule has 124 valence electrons. The minimum Gasteiger partial charge on any atom is -0.340 e. The molecule has 1 aliphatic carbocycles. The van der Waals surface area contributed by atoms with Gasteiger partial charge in [0.15, 0.2) is 5.65 Å². The van der Waals surface area contributed by atoms with Crippen LogP contribution in [0.15, 0.2) is 12.3 Å². The van der Waals surface area contributed by atoms with Crippen molar-refractivity contribution < 1.29 is 4.79 Å². The molecular weight excluding hydrogens is 290 g/mol. The van der Waals surface area contributed by atoms with Gasteiger partial charge in [0.1, 0.15) is 0 Å². The van der Waals surface area contributed by atoms with Crippen molar-refractivity contribution in [3.05, 3.63) is 23.5 Å². The van der Waals surface area contributed by atoms with Gasteiger partial charge in [-0.25, -0.2) is 9.67 Å². The molecule has 3 rings (SSSR count). The quantitative estimate of drug-likeness (QED) is 0.887. The van der Waals surface area contributed by atoms with Gasteiger partial charge in [-0.3, -0.25) is 4.79 Å². The molecule has 1 N–H and O–H groups in total. The van der Waals surface area contributed by atoms with Crippen molar-refractivity contribution in [2.24, 2.45) is 0 Å². The summed E-state index contributed by atoms with van der Waals surface area (Å²) in [6, 6.07) is 2.20. The van der Waals surface area contributed by atoms with Crippen LogP contribution in [0.3, 0.4) is 0 Å². The lowest BCUT2D eigenvalue weighted by Gasteiger charge is -2.18. The highest BCUT2D eigenvalue weighted by atomic mass is 16.2. The predicted octanol–water partition coefficient (Wildman–Crippen LogP) is 2.18. The fourth-order valence-electron chi connectivity index (χ4n) is 2.77. The van der Waals surface area contributed by atoms with Crippen LogP contribution in [-0.2, 0) is 0 Å². The normalized spacial score (nSPS) is 14.7. The van der Waals surface area contributed by atoms with Gasteiger partial charge in [0.25, 0.3) is 5.91 Å². The van der Waals surface area contributed by atoms with Gasteiger partial charge in [-0.1, -0.05) is 0 Å². The van der Waals surface area contributed by atoms with Crippen molar-refractivity contribution in [2.45, 2.75) is 38.6 Å². The Hall–Kier alpha value is -1.95. The third kappa shape index (κ3) is 3.08. The molecule has 1 aliphatic rings. The molecule has 2 heterocycles. The van der Waals surface area contributed by atoms with Crippen molar-refractivity contribution in [1.82, 2.24) is 25.0 Å². The van der Waals surface area contributed by atoms with E-state index in [-0.39, 0.29) is 11.9 Å². The summed E-state index contributed by atoms with van der Waals surface area (Å²) >= 11 is 0. The number of nitrogens with zero attached hydrogens (tertiary/aromatic N) is 4. The molecule has 0 saturated heterocycles. The minimum absolute atomic E-state index is 0.0397. The van der Waals surface area contributed by atoms with Gasteiger partial charge < -0.3 is 10.2 Å². The first-order valence-corrected chi connectivity index (χ1v) is 8.31. The van der Waals surface area contributed by atoms with Crippen molar-refractivity contribution in [2.75, 3.05) is 27.2 Å². The molecule has 0 spiro atoms. The minimum atomic E-state index is 0.0397. The summed E-state index contributed by atoms with van der Waals surface area (Å²) in [6.45, 7) is 5.62. The Balaban J connectivity index is 2.05. The van der Waals surface area contributed by atoms with E-state index in [9.17, 15) is 4.79 Å². The summed E-state index contributed by atoms with van der Waals surface area (Å²) in [4.78, 5) is 19.4. The highest BCUT2D eigenvalue weighted by molar-refractivity contribution is 6.05. The summed E-state index contributed by atoms with van der Waals surface area (Å²) in [6.07, 6.45) is 4.10. The molecule has 0 unspecified atom stereocenters. The Bertz CT molecular complexity index is 717. The van der Waals surface area contributed by atoms with Crippen molar-refractivity contribution in [3.8, 4) is 0 Å². The average Bonchev–Trinajstić information content (AvgIpc) is 3.29. The van der Waals surface area contributed by atoms with Crippen LogP contribution in [0.1, 0.15) is 54.7 Å². The molecule has 0 aromatic carbocycles. The van der Waals surface area contributed by atoms with Gasteiger partial charge >= 0.3 is 0 Å². The van der Waals surface area contributed by atoms with Crippen LogP contribution >= 0.6 is 0 Å². The first-order valence-electron chi connectivity index (χ1n) is 8.31. The SMILES string of the molecule is CNCCN(C)C(=O)c1cc(C2CC2)nc2c1cnn2C(C)C. The molecule has 0 radical (unpaired) electrons. The van der Waals surface area contributed by atoms with Crippen molar-refractivity contribution in [3.63, 3.8) is 0 Å². The number of carbonyl (C=O) groups is 1. The summed E-state index contributed by atoms with van der Waals surface area (Å²) in [5.41, 5.74) is 2.59. The van der Waals surface area contributed by atoms with Gasteiger partial charge in [0.2, 0.25) is 0 Å². The number of rotatable bonds is 6. The third-order valence-electron chi connectivity index (χ3n) is 4.35. The number of likely N-dealkylation sites (N-methyl/N-ethyl adjacent to an activating group) is 2. The van der Waals surface area contributed by atoms with Crippen LogP contribution in [0.4, 0.5) is 0 Å². The lowest BCUT2D eigenvalue weighted by atomic mass is 10.1. The van der Waals surface area contributed by atoms with E-state index in [1.807, 2.05) is 24.8 Å². The first kappa shape index (κ1) is 15.9. The molecule has 2 aromatic rings. The lowest BCUT2D eigenvalue weighted by Crippen LogP contribution is -2.33. The standard InChI is InChI=1S/C17H25N5O/c1-11(2)22-16-14(10-19-22)13(9-15(20-16)12-5-6-12)17(23)21(4)8-7-18-3/h9-12,18H,5-8H2,1-4H3. The van der Waals surface area contributed by atoms with E-state index in [0.29, 0.717) is 12.5 Å². The largest absolute Gasteiger partial charge is 0.340 e. The molecule has 0 atom stereocenters. The van der Waals surface area contributed by atoms with Crippen LogP contribution in [0.2, 0.25) is 0 Å². The third-order valence-corrected chi connectivity index (χ3v) is 4.35. The van der Waals surface area contributed by atoms with E-state index < -0.39 is 0 Å². The van der Waals surface area contributed by atoms with Gasteiger partial charge in [0.05, 0.1) is 17.1 Å². The summed E-state index contributed by atoms with van der Waals surface area (Å²) in [5, 5.41) is 8.38. The molecule has 0 aliphatic heterocycles.